The van der Waals surface area contributed by atoms with Crippen LogP contribution in [0.3, 0.4) is 0 Å². The Bertz CT molecular complexity index is 1110. The summed E-state index contributed by atoms with van der Waals surface area (Å²) in [5.41, 5.74) is 4.21. The van der Waals surface area contributed by atoms with Gasteiger partial charge in [0.25, 0.3) is 0 Å². The summed E-state index contributed by atoms with van der Waals surface area (Å²) < 4.78 is 0. The summed E-state index contributed by atoms with van der Waals surface area (Å²) in [6.45, 7) is 5.91. The van der Waals surface area contributed by atoms with Crippen molar-refractivity contribution in [2.24, 2.45) is 5.41 Å². The van der Waals surface area contributed by atoms with E-state index in [1.54, 1.807) is 12.4 Å². The molecule has 31 heavy (non-hydrogen) atoms. The molecule has 1 aliphatic carbocycles. The molecule has 158 valence electrons. The van der Waals surface area contributed by atoms with Crippen LogP contribution in [-0.2, 0) is 17.6 Å². The Morgan fingerprint density at radius 1 is 1.26 bits per heavy atom. The zero-order valence-electron chi connectivity index (χ0n) is 17.5. The molecule has 0 unspecified atom stereocenters. The van der Waals surface area contributed by atoms with Gasteiger partial charge in [-0.05, 0) is 47.9 Å². The van der Waals surface area contributed by atoms with Gasteiger partial charge in [-0.3, -0.25) is 4.79 Å². The molecule has 0 saturated heterocycles. The molecule has 2 N–H and O–H groups in total. The van der Waals surface area contributed by atoms with Gasteiger partial charge in [0.15, 0.2) is 0 Å². The summed E-state index contributed by atoms with van der Waals surface area (Å²) in [4.78, 5) is 25.3. The predicted octanol–water partition coefficient (Wildman–Crippen LogP) is 3.24. The molecule has 2 heterocycles. The number of fused-ring (bicyclic) bond motifs is 1. The van der Waals surface area contributed by atoms with E-state index in [-0.39, 0.29) is 5.41 Å². The molecular weight excluding hydrogens is 388 g/mol. The van der Waals surface area contributed by atoms with E-state index in [1.807, 2.05) is 18.2 Å². The molecule has 0 aliphatic heterocycles. The number of benzene rings is 1. The van der Waals surface area contributed by atoms with Crippen LogP contribution in [0.15, 0.2) is 43.2 Å². The maximum atomic E-state index is 10.8. The number of anilines is 1. The molecule has 1 aliphatic rings. The average molecular weight is 415 g/mol. The van der Waals surface area contributed by atoms with Crippen molar-refractivity contribution in [3.8, 4) is 6.07 Å². The lowest BCUT2D eigenvalue weighted by atomic mass is 9.94. The molecule has 7 nitrogen and oxygen atoms in total. The number of carbonyl (C=O) groups is 1. The average Bonchev–Trinajstić information content (AvgIpc) is 3.39. The smallest absolute Gasteiger partial charge is 0.207 e. The van der Waals surface area contributed by atoms with Gasteiger partial charge in [0.1, 0.15) is 17.8 Å². The number of rotatable bonds is 11. The first-order valence-electron chi connectivity index (χ1n) is 10.5. The van der Waals surface area contributed by atoms with Gasteiger partial charge in [-0.25, -0.2) is 9.97 Å². The van der Waals surface area contributed by atoms with Crippen molar-refractivity contribution in [3.05, 3.63) is 60.1 Å². The Hall–Kier alpha value is -3.66. The number of amides is 1. The zero-order valence-corrected chi connectivity index (χ0v) is 17.5. The van der Waals surface area contributed by atoms with Crippen LogP contribution in [0.2, 0.25) is 0 Å². The second kappa shape index (κ2) is 9.00. The minimum Gasteiger partial charge on any atom is -0.357 e. The summed E-state index contributed by atoms with van der Waals surface area (Å²) in [6, 6.07) is 12.6. The Kier molecular flexibility index (Phi) is 5.99. The third-order valence-corrected chi connectivity index (χ3v) is 5.92. The number of aromatic nitrogens is 3. The van der Waals surface area contributed by atoms with E-state index in [9.17, 15) is 4.79 Å². The second-order valence-electron chi connectivity index (χ2n) is 8.21. The molecule has 4 rings (SSSR count). The summed E-state index contributed by atoms with van der Waals surface area (Å²) >= 11 is 0. The highest BCUT2D eigenvalue weighted by Gasteiger charge is 2.44. The van der Waals surface area contributed by atoms with Crippen molar-refractivity contribution < 1.29 is 4.79 Å². The highest BCUT2D eigenvalue weighted by atomic mass is 16.1. The largest absolute Gasteiger partial charge is 0.357 e. The zero-order chi connectivity index (χ0) is 21.7. The maximum absolute atomic E-state index is 10.8. The highest BCUT2D eigenvalue weighted by molar-refractivity contribution is 5.89. The number of aromatic amines is 1. The molecule has 3 aromatic rings. The van der Waals surface area contributed by atoms with E-state index in [4.69, 9.17) is 5.26 Å². The fraction of sp³-hybridized carbons (Fsp3) is 0.333. The summed E-state index contributed by atoms with van der Waals surface area (Å²) in [5, 5.41) is 12.6. The number of nitrogens with zero attached hydrogens (tertiary/aromatic N) is 4. The van der Waals surface area contributed by atoms with Gasteiger partial charge < -0.3 is 15.2 Å². The van der Waals surface area contributed by atoms with E-state index in [0.29, 0.717) is 19.5 Å². The van der Waals surface area contributed by atoms with E-state index in [2.05, 4.69) is 49.9 Å². The lowest BCUT2D eigenvalue weighted by Gasteiger charge is -2.29. The fourth-order valence-electron chi connectivity index (χ4n) is 4.10. The minimum absolute atomic E-state index is 0.187. The van der Waals surface area contributed by atoms with Crippen LogP contribution in [0.1, 0.15) is 29.7 Å². The van der Waals surface area contributed by atoms with Crippen LogP contribution in [-0.4, -0.2) is 41.0 Å². The number of nitriles is 1. The second-order valence-corrected chi connectivity index (χ2v) is 8.21. The van der Waals surface area contributed by atoms with Crippen molar-refractivity contribution in [1.29, 1.82) is 5.26 Å². The minimum atomic E-state index is 0.187. The van der Waals surface area contributed by atoms with Crippen molar-refractivity contribution in [2.45, 2.75) is 25.7 Å². The van der Waals surface area contributed by atoms with Crippen LogP contribution >= 0.6 is 0 Å². The van der Waals surface area contributed by atoms with E-state index >= 15 is 0 Å². The van der Waals surface area contributed by atoms with Crippen molar-refractivity contribution in [1.82, 2.24) is 20.3 Å². The normalized spacial score (nSPS) is 14.0. The van der Waals surface area contributed by atoms with E-state index in [1.165, 1.54) is 5.56 Å². The molecule has 1 saturated carbocycles. The Labute approximate surface area is 181 Å². The molecule has 1 fully saturated rings. The first-order chi connectivity index (χ1) is 15.2. The predicted molar refractivity (Wildman–Crippen MR) is 121 cm³/mol. The van der Waals surface area contributed by atoms with Gasteiger partial charge in [-0.1, -0.05) is 30.8 Å². The maximum Gasteiger partial charge on any atom is 0.207 e. The van der Waals surface area contributed by atoms with Gasteiger partial charge in [0.05, 0.1) is 17.9 Å². The molecule has 0 radical (unpaired) electrons. The van der Waals surface area contributed by atoms with Gasteiger partial charge in [0.2, 0.25) is 6.41 Å². The summed E-state index contributed by atoms with van der Waals surface area (Å²) in [6.07, 6.45) is 7.81. The van der Waals surface area contributed by atoms with E-state index < -0.39 is 0 Å². The molecule has 0 spiro atoms. The van der Waals surface area contributed by atoms with E-state index in [0.717, 1.165) is 60.3 Å². The fourth-order valence-corrected chi connectivity index (χ4v) is 4.10. The summed E-state index contributed by atoms with van der Waals surface area (Å²) in [7, 11) is 0. The van der Waals surface area contributed by atoms with Gasteiger partial charge in [-0.2, -0.15) is 5.26 Å². The molecule has 7 heteroatoms. The van der Waals surface area contributed by atoms with Crippen LogP contribution in [0, 0.1) is 16.7 Å². The van der Waals surface area contributed by atoms with Crippen LogP contribution in [0.4, 0.5) is 5.82 Å². The first-order valence-corrected chi connectivity index (χ1v) is 10.5. The molecular formula is C24H26N6O. The van der Waals surface area contributed by atoms with Crippen molar-refractivity contribution >= 4 is 29.3 Å². The van der Waals surface area contributed by atoms with Gasteiger partial charge in [-0.15, -0.1) is 0 Å². The Morgan fingerprint density at radius 3 is 2.71 bits per heavy atom. The molecule has 0 atom stereocenters. The summed E-state index contributed by atoms with van der Waals surface area (Å²) in [5.74, 6) is 0.873. The van der Waals surface area contributed by atoms with Crippen LogP contribution in [0.25, 0.3) is 17.1 Å². The molecule has 1 aromatic carbocycles. The van der Waals surface area contributed by atoms with Crippen molar-refractivity contribution in [3.63, 3.8) is 0 Å². The standard InChI is InChI=1S/C24H26N6O/c1-2-20-13-21-22(29-20)27-16-28-23(21)30(12-11-26-17-31)15-24(8-9-24)14-19-5-3-18(4-6-19)7-10-25/h2-6,13,16-17H,1,7-9,11-12,14-15H2,(H,26,31)(H,27,28,29). The number of H-pyrrole nitrogens is 1. The number of carbonyl (C=O) groups excluding carboxylic acids is 1. The van der Waals surface area contributed by atoms with Gasteiger partial charge in [0, 0.05) is 25.3 Å². The monoisotopic (exact) mass is 414 g/mol. The Balaban J connectivity index is 1.57. The first kappa shape index (κ1) is 20.6. The van der Waals surface area contributed by atoms with Crippen LogP contribution in [0.5, 0.6) is 0 Å². The SMILES string of the molecule is C=Cc1cc2c(N(CCNC=O)CC3(Cc4ccc(CC#N)cc4)CC3)ncnc2[nH]1. The molecule has 0 bridgehead atoms. The highest BCUT2D eigenvalue weighted by Crippen LogP contribution is 2.49. The lowest BCUT2D eigenvalue weighted by molar-refractivity contribution is -0.109. The molecule has 1 amide bonds. The number of hydrogen-bond donors (Lipinski definition) is 2. The van der Waals surface area contributed by atoms with Crippen molar-refractivity contribution in [2.75, 3.05) is 24.5 Å². The molecule has 2 aromatic heterocycles. The number of nitrogens with one attached hydrogen (secondary N) is 2. The quantitative estimate of drug-likeness (QED) is 0.371. The van der Waals surface area contributed by atoms with Gasteiger partial charge >= 0.3 is 0 Å². The Morgan fingerprint density at radius 2 is 2.03 bits per heavy atom. The number of hydrogen-bond acceptors (Lipinski definition) is 5. The topological polar surface area (TPSA) is 97.7 Å². The lowest BCUT2D eigenvalue weighted by Crippen LogP contribution is -2.37. The van der Waals surface area contributed by atoms with Crippen LogP contribution < -0.4 is 10.2 Å². The third-order valence-electron chi connectivity index (χ3n) is 5.92. The third kappa shape index (κ3) is 4.75.